The second kappa shape index (κ2) is 4.15. The van der Waals surface area contributed by atoms with Gasteiger partial charge < -0.3 is 9.68 Å². The maximum absolute atomic E-state index is 9.64. The van der Waals surface area contributed by atoms with Crippen molar-refractivity contribution in [2.75, 3.05) is 0 Å². The third-order valence-electron chi connectivity index (χ3n) is 2.73. The zero-order chi connectivity index (χ0) is 9.97. The van der Waals surface area contributed by atoms with E-state index in [0.717, 1.165) is 17.4 Å². The van der Waals surface area contributed by atoms with E-state index in [2.05, 4.69) is 13.0 Å². The van der Waals surface area contributed by atoms with Crippen LogP contribution in [-0.4, -0.2) is 12.1 Å². The van der Waals surface area contributed by atoms with Gasteiger partial charge in [0.2, 0.25) is 0 Å². The normalized spacial score (nSPS) is 14.6. The molecule has 1 heterocycles. The fraction of sp³-hybridized carbons (Fsp3) is 0.455. The van der Waals surface area contributed by atoms with Gasteiger partial charge in [0.05, 0.1) is 6.61 Å². The van der Waals surface area contributed by atoms with E-state index in [1.54, 1.807) is 0 Å². The van der Waals surface area contributed by atoms with Crippen molar-refractivity contribution in [2.24, 2.45) is 0 Å². The zero-order valence-electron chi connectivity index (χ0n) is 8.49. The molecule has 0 atom stereocenters. The van der Waals surface area contributed by atoms with Crippen molar-refractivity contribution >= 4 is 12.6 Å². The van der Waals surface area contributed by atoms with Gasteiger partial charge in [-0.3, -0.25) is 0 Å². The van der Waals surface area contributed by atoms with E-state index in [-0.39, 0.29) is 0 Å². The topological polar surface area (TPSA) is 29.5 Å². The first-order valence-corrected chi connectivity index (χ1v) is 5.23. The third kappa shape index (κ3) is 1.70. The Kier molecular flexibility index (Phi) is 2.89. The molecule has 0 unspecified atom stereocenters. The summed E-state index contributed by atoms with van der Waals surface area (Å²) in [6, 6.07) is 6.17. The van der Waals surface area contributed by atoms with Crippen LogP contribution in [0.2, 0.25) is 0 Å². The average molecular weight is 190 g/mol. The van der Waals surface area contributed by atoms with Crippen LogP contribution in [-0.2, 0) is 17.7 Å². The minimum Gasteiger partial charge on any atom is -0.423 e. The third-order valence-corrected chi connectivity index (χ3v) is 2.73. The molecule has 2 rings (SSSR count). The molecule has 0 saturated heterocycles. The quantitative estimate of drug-likeness (QED) is 0.726. The number of unbranched alkanes of at least 4 members (excludes halogenated alkanes) is 1. The lowest BCUT2D eigenvalue weighted by Gasteiger charge is -2.06. The summed E-state index contributed by atoms with van der Waals surface area (Å²) < 4.78 is 5.20. The van der Waals surface area contributed by atoms with Gasteiger partial charge in [0.25, 0.3) is 0 Å². The summed E-state index contributed by atoms with van der Waals surface area (Å²) >= 11 is 0. The molecule has 1 aromatic rings. The molecule has 0 aromatic heterocycles. The number of aryl methyl sites for hydroxylation is 1. The summed E-state index contributed by atoms with van der Waals surface area (Å²) in [4.78, 5) is 0. The summed E-state index contributed by atoms with van der Waals surface area (Å²) in [5.74, 6) is 0. The van der Waals surface area contributed by atoms with Crippen LogP contribution in [0.25, 0.3) is 0 Å². The van der Waals surface area contributed by atoms with Crippen molar-refractivity contribution in [1.82, 2.24) is 0 Å². The van der Waals surface area contributed by atoms with Crippen LogP contribution in [0.4, 0.5) is 0 Å². The Morgan fingerprint density at radius 3 is 3.14 bits per heavy atom. The molecule has 1 N–H and O–H groups in total. The highest BCUT2D eigenvalue weighted by Gasteiger charge is 2.29. The lowest BCUT2D eigenvalue weighted by Crippen LogP contribution is -2.31. The van der Waals surface area contributed by atoms with Crippen LogP contribution in [0.1, 0.15) is 30.9 Å². The Morgan fingerprint density at radius 1 is 1.50 bits per heavy atom. The summed E-state index contributed by atoms with van der Waals surface area (Å²) in [5, 5.41) is 9.64. The van der Waals surface area contributed by atoms with Gasteiger partial charge in [-0.1, -0.05) is 31.5 Å². The monoisotopic (exact) mass is 190 g/mol. The highest BCUT2D eigenvalue weighted by atomic mass is 16.5. The average Bonchev–Trinajstić information content (AvgIpc) is 2.58. The van der Waals surface area contributed by atoms with Crippen LogP contribution in [0.3, 0.4) is 0 Å². The Balaban J connectivity index is 2.27. The summed E-state index contributed by atoms with van der Waals surface area (Å²) in [6.07, 6.45) is 3.39. The second-order valence-electron chi connectivity index (χ2n) is 3.76. The Labute approximate surface area is 85.1 Å². The molecule has 1 aromatic carbocycles. The summed E-state index contributed by atoms with van der Waals surface area (Å²) in [5.41, 5.74) is 3.40. The van der Waals surface area contributed by atoms with E-state index in [9.17, 15) is 5.02 Å². The number of benzene rings is 1. The molecule has 0 fully saturated rings. The lowest BCUT2D eigenvalue weighted by atomic mass is 9.75. The second-order valence-corrected chi connectivity index (χ2v) is 3.76. The van der Waals surface area contributed by atoms with Gasteiger partial charge >= 0.3 is 7.12 Å². The van der Waals surface area contributed by atoms with Crippen LogP contribution in [0, 0.1) is 0 Å². The van der Waals surface area contributed by atoms with Crippen molar-refractivity contribution in [3.63, 3.8) is 0 Å². The molecular formula is C11H15BO2. The first kappa shape index (κ1) is 9.75. The standard InChI is InChI=1S/C11H15BO2/c1-2-3-5-9-6-4-7-10-8-14-12(13)11(9)10/h4,6-7,13H,2-3,5,8H2,1H3. The molecule has 3 heteroatoms. The summed E-state index contributed by atoms with van der Waals surface area (Å²) in [7, 11) is -0.696. The number of rotatable bonds is 3. The van der Waals surface area contributed by atoms with E-state index in [1.807, 2.05) is 12.1 Å². The molecule has 0 bridgehead atoms. The largest absolute Gasteiger partial charge is 0.492 e. The Bertz CT molecular complexity index is 325. The molecule has 14 heavy (non-hydrogen) atoms. The summed E-state index contributed by atoms with van der Waals surface area (Å²) in [6.45, 7) is 2.73. The number of fused-ring (bicyclic) bond motifs is 1. The van der Waals surface area contributed by atoms with Gasteiger partial charge in [-0.2, -0.15) is 0 Å². The van der Waals surface area contributed by atoms with E-state index in [4.69, 9.17) is 4.65 Å². The van der Waals surface area contributed by atoms with Crippen LogP contribution < -0.4 is 5.46 Å². The molecule has 0 aliphatic carbocycles. The minimum absolute atomic E-state index is 0.552. The molecule has 0 saturated carbocycles. The van der Waals surface area contributed by atoms with Crippen LogP contribution in [0.15, 0.2) is 18.2 Å². The maximum atomic E-state index is 9.64. The van der Waals surface area contributed by atoms with E-state index < -0.39 is 7.12 Å². The van der Waals surface area contributed by atoms with Crippen molar-refractivity contribution in [2.45, 2.75) is 32.8 Å². The van der Waals surface area contributed by atoms with Crippen molar-refractivity contribution < 1.29 is 9.68 Å². The van der Waals surface area contributed by atoms with Crippen LogP contribution in [0.5, 0.6) is 0 Å². The van der Waals surface area contributed by atoms with Gasteiger partial charge in [0.1, 0.15) is 0 Å². The smallest absolute Gasteiger partial charge is 0.423 e. The molecular weight excluding hydrogens is 175 g/mol. The highest BCUT2D eigenvalue weighted by Crippen LogP contribution is 2.14. The van der Waals surface area contributed by atoms with Crippen molar-refractivity contribution in [3.05, 3.63) is 29.3 Å². The van der Waals surface area contributed by atoms with Crippen molar-refractivity contribution in [1.29, 1.82) is 0 Å². The maximum Gasteiger partial charge on any atom is 0.492 e. The van der Waals surface area contributed by atoms with Gasteiger partial charge in [0, 0.05) is 0 Å². The molecule has 1 aliphatic rings. The Hall–Kier alpha value is -0.795. The van der Waals surface area contributed by atoms with Gasteiger partial charge in [-0.25, -0.2) is 0 Å². The Morgan fingerprint density at radius 2 is 2.36 bits per heavy atom. The van der Waals surface area contributed by atoms with E-state index >= 15 is 0 Å². The number of hydrogen-bond acceptors (Lipinski definition) is 2. The van der Waals surface area contributed by atoms with Crippen molar-refractivity contribution in [3.8, 4) is 0 Å². The molecule has 0 spiro atoms. The number of hydrogen-bond donors (Lipinski definition) is 1. The lowest BCUT2D eigenvalue weighted by molar-refractivity contribution is 0.275. The van der Waals surface area contributed by atoms with E-state index in [0.29, 0.717) is 6.61 Å². The predicted octanol–water partition coefficient (Wildman–Crippen LogP) is 1.25. The first-order valence-electron chi connectivity index (χ1n) is 5.23. The van der Waals surface area contributed by atoms with Gasteiger partial charge in [-0.15, -0.1) is 0 Å². The van der Waals surface area contributed by atoms with E-state index in [1.165, 1.54) is 18.4 Å². The molecule has 2 nitrogen and oxygen atoms in total. The molecule has 74 valence electrons. The fourth-order valence-corrected chi connectivity index (χ4v) is 1.95. The SMILES string of the molecule is CCCCc1cccc2c1B(O)OC2. The molecule has 0 radical (unpaired) electrons. The van der Waals surface area contributed by atoms with Gasteiger partial charge in [0.15, 0.2) is 0 Å². The predicted molar refractivity (Wildman–Crippen MR) is 57.4 cm³/mol. The van der Waals surface area contributed by atoms with Gasteiger partial charge in [-0.05, 0) is 29.4 Å². The first-order chi connectivity index (χ1) is 6.83. The van der Waals surface area contributed by atoms with Crippen LogP contribution >= 0.6 is 0 Å². The minimum atomic E-state index is -0.696. The molecule has 0 amide bonds. The molecule has 1 aliphatic heterocycles. The fourth-order valence-electron chi connectivity index (χ4n) is 1.95. The zero-order valence-corrected chi connectivity index (χ0v) is 8.49. The highest BCUT2D eigenvalue weighted by molar-refractivity contribution is 6.62.